The Labute approximate surface area is 160 Å². The predicted octanol–water partition coefficient (Wildman–Crippen LogP) is 6.12. The highest BCUT2D eigenvalue weighted by molar-refractivity contribution is 5.81. The Balaban J connectivity index is 1.93. The monoisotopic (exact) mass is 368 g/mol. The number of carboxylic acid groups (broad SMARTS) is 1. The molecule has 1 N–H and O–H groups in total. The average Bonchev–Trinajstić information content (AvgIpc) is 2.65. The molecule has 0 amide bonds. The van der Waals surface area contributed by atoms with Gasteiger partial charge in [-0.15, -0.1) is 0 Å². The second-order valence-corrected chi connectivity index (χ2v) is 7.89. The van der Waals surface area contributed by atoms with Crippen molar-refractivity contribution in [3.63, 3.8) is 0 Å². The second kappa shape index (κ2) is 15.0. The molecule has 2 unspecified atom stereocenters. The van der Waals surface area contributed by atoms with Gasteiger partial charge in [0.1, 0.15) is 0 Å². The number of esters is 1. The van der Waals surface area contributed by atoms with E-state index in [1.54, 1.807) is 0 Å². The molecule has 26 heavy (non-hydrogen) atoms. The lowest BCUT2D eigenvalue weighted by atomic mass is 9.79. The van der Waals surface area contributed by atoms with E-state index in [0.717, 1.165) is 25.7 Å². The lowest BCUT2D eigenvalue weighted by Gasteiger charge is -2.26. The number of hydrogen-bond donors (Lipinski definition) is 1. The summed E-state index contributed by atoms with van der Waals surface area (Å²) in [6.07, 6.45) is 18.5. The summed E-state index contributed by atoms with van der Waals surface area (Å²) < 4.78 is 5.35. The standard InChI is InChI=1S/C22H40O4/c1-2-3-4-5-6-7-8-9-10-11-12-15-18-26-22(25)20-17-14-13-16-19(20)21(23)24/h19-20H,2-18H2,1H3,(H,23,24). The van der Waals surface area contributed by atoms with E-state index in [2.05, 4.69) is 6.92 Å². The molecule has 2 atom stereocenters. The van der Waals surface area contributed by atoms with Gasteiger partial charge in [0.15, 0.2) is 0 Å². The molecule has 0 aromatic rings. The Morgan fingerprint density at radius 1 is 0.769 bits per heavy atom. The lowest BCUT2D eigenvalue weighted by Crippen LogP contribution is -2.33. The zero-order valence-corrected chi connectivity index (χ0v) is 16.8. The SMILES string of the molecule is CCCCCCCCCCCCCCOC(=O)C1CCCCC1C(=O)O. The maximum absolute atomic E-state index is 12.1. The summed E-state index contributed by atoms with van der Waals surface area (Å²) >= 11 is 0. The Hall–Kier alpha value is -1.06. The normalized spacial score (nSPS) is 20.0. The van der Waals surface area contributed by atoms with E-state index in [1.807, 2.05) is 0 Å². The largest absolute Gasteiger partial charge is 0.481 e. The third-order valence-corrected chi connectivity index (χ3v) is 5.63. The van der Waals surface area contributed by atoms with Gasteiger partial charge in [0.25, 0.3) is 0 Å². The smallest absolute Gasteiger partial charge is 0.309 e. The van der Waals surface area contributed by atoms with Gasteiger partial charge < -0.3 is 9.84 Å². The van der Waals surface area contributed by atoms with E-state index in [1.165, 1.54) is 64.2 Å². The van der Waals surface area contributed by atoms with Crippen molar-refractivity contribution in [3.05, 3.63) is 0 Å². The molecule has 1 fully saturated rings. The van der Waals surface area contributed by atoms with E-state index in [-0.39, 0.29) is 5.97 Å². The zero-order valence-electron chi connectivity index (χ0n) is 16.8. The second-order valence-electron chi connectivity index (χ2n) is 7.89. The van der Waals surface area contributed by atoms with Crippen molar-refractivity contribution in [2.45, 2.75) is 110 Å². The molecule has 4 nitrogen and oxygen atoms in total. The van der Waals surface area contributed by atoms with Crippen molar-refractivity contribution in [1.82, 2.24) is 0 Å². The minimum Gasteiger partial charge on any atom is -0.481 e. The van der Waals surface area contributed by atoms with Crippen molar-refractivity contribution in [2.24, 2.45) is 11.8 Å². The molecule has 1 aliphatic carbocycles. The number of carboxylic acids is 1. The van der Waals surface area contributed by atoms with Crippen LogP contribution in [0.25, 0.3) is 0 Å². The molecule has 152 valence electrons. The van der Waals surface area contributed by atoms with Crippen LogP contribution < -0.4 is 0 Å². The fourth-order valence-electron chi connectivity index (χ4n) is 3.93. The van der Waals surface area contributed by atoms with Gasteiger partial charge in [-0.05, 0) is 19.3 Å². The van der Waals surface area contributed by atoms with Gasteiger partial charge in [-0.25, -0.2) is 0 Å². The van der Waals surface area contributed by atoms with E-state index >= 15 is 0 Å². The molecule has 1 rings (SSSR count). The number of unbranched alkanes of at least 4 members (excludes halogenated alkanes) is 11. The van der Waals surface area contributed by atoms with Crippen LogP contribution in [0.3, 0.4) is 0 Å². The summed E-state index contributed by atoms with van der Waals surface area (Å²) in [5.41, 5.74) is 0. The van der Waals surface area contributed by atoms with Crippen LogP contribution in [-0.4, -0.2) is 23.7 Å². The first kappa shape index (κ1) is 23.0. The molecular weight excluding hydrogens is 328 g/mol. The number of rotatable bonds is 15. The first-order valence-electron chi connectivity index (χ1n) is 11.1. The van der Waals surface area contributed by atoms with Crippen molar-refractivity contribution in [1.29, 1.82) is 0 Å². The highest BCUT2D eigenvalue weighted by atomic mass is 16.5. The third-order valence-electron chi connectivity index (χ3n) is 5.63. The molecular formula is C22H40O4. The summed E-state index contributed by atoms with van der Waals surface area (Å²) in [4.78, 5) is 23.4. The van der Waals surface area contributed by atoms with Gasteiger partial charge in [-0.3, -0.25) is 9.59 Å². The molecule has 0 heterocycles. The average molecular weight is 369 g/mol. The molecule has 0 aromatic carbocycles. The predicted molar refractivity (Wildman–Crippen MR) is 105 cm³/mol. The minimum absolute atomic E-state index is 0.292. The lowest BCUT2D eigenvalue weighted by molar-refractivity contribution is -0.159. The summed E-state index contributed by atoms with van der Waals surface area (Å²) in [5.74, 6) is -2.12. The van der Waals surface area contributed by atoms with Crippen LogP contribution in [0.2, 0.25) is 0 Å². The van der Waals surface area contributed by atoms with Gasteiger partial charge in [0.2, 0.25) is 0 Å². The quantitative estimate of drug-likeness (QED) is 0.279. The fraction of sp³-hybridized carbons (Fsp3) is 0.909. The van der Waals surface area contributed by atoms with Gasteiger partial charge in [-0.1, -0.05) is 90.4 Å². The van der Waals surface area contributed by atoms with E-state index in [9.17, 15) is 14.7 Å². The number of carbonyl (C=O) groups excluding carboxylic acids is 1. The molecule has 4 heteroatoms. The maximum atomic E-state index is 12.1. The van der Waals surface area contributed by atoms with E-state index in [4.69, 9.17) is 4.74 Å². The first-order chi connectivity index (χ1) is 12.7. The van der Waals surface area contributed by atoms with Crippen LogP contribution in [0.1, 0.15) is 110 Å². The van der Waals surface area contributed by atoms with Gasteiger partial charge in [0.05, 0.1) is 18.4 Å². The van der Waals surface area contributed by atoms with Crippen LogP contribution in [-0.2, 0) is 14.3 Å². The summed E-state index contributed by atoms with van der Waals surface area (Å²) in [5, 5.41) is 9.23. The summed E-state index contributed by atoms with van der Waals surface area (Å²) in [7, 11) is 0. The van der Waals surface area contributed by atoms with Crippen LogP contribution >= 0.6 is 0 Å². The molecule has 1 aliphatic rings. The Morgan fingerprint density at radius 2 is 1.23 bits per heavy atom. The molecule has 0 aromatic heterocycles. The number of hydrogen-bond acceptors (Lipinski definition) is 3. The first-order valence-corrected chi connectivity index (χ1v) is 11.1. The Bertz CT molecular complexity index is 380. The zero-order chi connectivity index (χ0) is 19.0. The highest BCUT2D eigenvalue weighted by Crippen LogP contribution is 2.31. The molecule has 1 saturated carbocycles. The molecule has 0 spiro atoms. The number of aliphatic carboxylic acids is 1. The molecule has 0 radical (unpaired) electrons. The Morgan fingerprint density at radius 3 is 1.73 bits per heavy atom. The van der Waals surface area contributed by atoms with Gasteiger partial charge >= 0.3 is 11.9 Å². The Kier molecular flexibility index (Phi) is 13.3. The summed E-state index contributed by atoms with van der Waals surface area (Å²) in [6, 6.07) is 0. The molecule has 0 bridgehead atoms. The fourth-order valence-corrected chi connectivity index (χ4v) is 3.93. The van der Waals surface area contributed by atoms with Crippen LogP contribution in [0, 0.1) is 11.8 Å². The van der Waals surface area contributed by atoms with Crippen molar-refractivity contribution in [3.8, 4) is 0 Å². The number of ether oxygens (including phenoxy) is 1. The minimum atomic E-state index is -0.850. The maximum Gasteiger partial charge on any atom is 0.309 e. The van der Waals surface area contributed by atoms with Gasteiger partial charge in [0, 0.05) is 0 Å². The highest BCUT2D eigenvalue weighted by Gasteiger charge is 2.36. The third kappa shape index (κ3) is 10.2. The van der Waals surface area contributed by atoms with Crippen LogP contribution in [0.5, 0.6) is 0 Å². The summed E-state index contributed by atoms with van der Waals surface area (Å²) in [6.45, 7) is 2.70. The van der Waals surface area contributed by atoms with Crippen LogP contribution in [0.4, 0.5) is 0 Å². The van der Waals surface area contributed by atoms with Crippen molar-refractivity contribution in [2.75, 3.05) is 6.61 Å². The van der Waals surface area contributed by atoms with Crippen LogP contribution in [0.15, 0.2) is 0 Å². The van der Waals surface area contributed by atoms with Gasteiger partial charge in [-0.2, -0.15) is 0 Å². The number of carbonyl (C=O) groups is 2. The molecule has 0 aliphatic heterocycles. The van der Waals surface area contributed by atoms with Crippen molar-refractivity contribution >= 4 is 11.9 Å². The van der Waals surface area contributed by atoms with Crippen molar-refractivity contribution < 1.29 is 19.4 Å². The van der Waals surface area contributed by atoms with E-state index < -0.39 is 17.8 Å². The topological polar surface area (TPSA) is 63.6 Å². The van der Waals surface area contributed by atoms with E-state index in [0.29, 0.717) is 19.4 Å². The molecule has 0 saturated heterocycles.